The van der Waals surface area contributed by atoms with Gasteiger partial charge in [-0.05, 0) is 38.3 Å². The zero-order valence-electron chi connectivity index (χ0n) is 13.0. The van der Waals surface area contributed by atoms with Crippen LogP contribution in [0.5, 0.6) is 5.75 Å². The molecule has 112 valence electrons. The molecule has 0 saturated carbocycles. The van der Waals surface area contributed by atoms with Gasteiger partial charge in [-0.1, -0.05) is 24.6 Å². The number of aliphatic hydroxyl groups is 1. The van der Waals surface area contributed by atoms with E-state index in [4.69, 9.17) is 9.47 Å². The first-order valence-corrected chi connectivity index (χ1v) is 7.40. The van der Waals surface area contributed by atoms with Crippen molar-refractivity contribution in [3.63, 3.8) is 0 Å². The standard InChI is InChI=1S/C17H26O3/c1-5-16(3)12-17(18,8-9-20-16)11-14-10-13(2)6-7-15(14)19-4/h6-7,10,18H,5,8-9,11-12H2,1-4H3. The van der Waals surface area contributed by atoms with E-state index < -0.39 is 5.60 Å². The molecule has 0 radical (unpaired) electrons. The number of aryl methyl sites for hydroxylation is 1. The first kappa shape index (κ1) is 15.3. The first-order chi connectivity index (χ1) is 9.40. The Kier molecular flexibility index (Phi) is 4.40. The molecule has 1 heterocycles. The van der Waals surface area contributed by atoms with Gasteiger partial charge in [-0.25, -0.2) is 0 Å². The van der Waals surface area contributed by atoms with E-state index in [0.717, 1.165) is 17.7 Å². The third kappa shape index (κ3) is 3.33. The second-order valence-corrected chi connectivity index (χ2v) is 6.30. The van der Waals surface area contributed by atoms with Crippen LogP contribution in [-0.2, 0) is 11.2 Å². The molecule has 1 saturated heterocycles. The Morgan fingerprint density at radius 1 is 1.40 bits per heavy atom. The van der Waals surface area contributed by atoms with Gasteiger partial charge in [0.2, 0.25) is 0 Å². The van der Waals surface area contributed by atoms with Gasteiger partial charge in [0.1, 0.15) is 5.75 Å². The fraction of sp³-hybridized carbons (Fsp3) is 0.647. The molecule has 2 unspecified atom stereocenters. The number of ether oxygens (including phenoxy) is 2. The number of hydrogen-bond acceptors (Lipinski definition) is 3. The Labute approximate surface area is 121 Å². The van der Waals surface area contributed by atoms with Gasteiger partial charge in [0.05, 0.1) is 24.9 Å². The molecule has 2 rings (SSSR count). The number of hydrogen-bond donors (Lipinski definition) is 1. The van der Waals surface area contributed by atoms with E-state index in [1.54, 1.807) is 7.11 Å². The molecule has 1 aromatic rings. The molecule has 20 heavy (non-hydrogen) atoms. The second kappa shape index (κ2) is 5.74. The molecule has 3 nitrogen and oxygen atoms in total. The van der Waals surface area contributed by atoms with Crippen LogP contribution < -0.4 is 4.74 Å². The highest BCUT2D eigenvalue weighted by atomic mass is 16.5. The third-order valence-corrected chi connectivity index (χ3v) is 4.42. The Hall–Kier alpha value is -1.06. The third-order valence-electron chi connectivity index (χ3n) is 4.42. The quantitative estimate of drug-likeness (QED) is 0.918. The van der Waals surface area contributed by atoms with Crippen LogP contribution in [0.2, 0.25) is 0 Å². The molecule has 2 atom stereocenters. The normalized spacial score (nSPS) is 30.2. The van der Waals surface area contributed by atoms with Crippen LogP contribution in [0, 0.1) is 6.92 Å². The lowest BCUT2D eigenvalue weighted by atomic mass is 9.78. The molecule has 0 amide bonds. The highest BCUT2D eigenvalue weighted by molar-refractivity contribution is 5.38. The summed E-state index contributed by atoms with van der Waals surface area (Å²) in [5, 5.41) is 11.0. The molecule has 1 aliphatic rings. The smallest absolute Gasteiger partial charge is 0.122 e. The minimum Gasteiger partial charge on any atom is -0.496 e. The lowest BCUT2D eigenvalue weighted by molar-refractivity contribution is -0.153. The minimum atomic E-state index is -0.704. The molecule has 0 aliphatic carbocycles. The van der Waals surface area contributed by atoms with Crippen LogP contribution in [0.1, 0.15) is 44.2 Å². The fourth-order valence-electron chi connectivity index (χ4n) is 3.10. The van der Waals surface area contributed by atoms with Crippen molar-refractivity contribution < 1.29 is 14.6 Å². The molecule has 1 N–H and O–H groups in total. The predicted molar refractivity (Wildman–Crippen MR) is 80.3 cm³/mol. The molecular formula is C17H26O3. The Morgan fingerprint density at radius 2 is 2.15 bits per heavy atom. The Bertz CT molecular complexity index is 471. The van der Waals surface area contributed by atoms with Crippen molar-refractivity contribution in [1.29, 1.82) is 0 Å². The molecule has 3 heteroatoms. The molecule has 1 aromatic carbocycles. The summed E-state index contributed by atoms with van der Waals surface area (Å²) < 4.78 is 11.3. The summed E-state index contributed by atoms with van der Waals surface area (Å²) in [6.07, 6.45) is 2.89. The molecule has 0 spiro atoms. The Morgan fingerprint density at radius 3 is 2.80 bits per heavy atom. The molecule has 0 aromatic heterocycles. The van der Waals surface area contributed by atoms with Crippen molar-refractivity contribution in [2.45, 2.75) is 57.7 Å². The van der Waals surface area contributed by atoms with Crippen LogP contribution in [0.15, 0.2) is 18.2 Å². The SMILES string of the molecule is CCC1(C)CC(O)(Cc2cc(C)ccc2OC)CCO1. The lowest BCUT2D eigenvalue weighted by Gasteiger charge is -2.43. The minimum absolute atomic E-state index is 0.218. The van der Waals surface area contributed by atoms with Gasteiger partial charge in [-0.15, -0.1) is 0 Å². The van der Waals surface area contributed by atoms with Crippen molar-refractivity contribution >= 4 is 0 Å². The van der Waals surface area contributed by atoms with E-state index in [0.29, 0.717) is 25.9 Å². The number of rotatable bonds is 4. The summed E-state index contributed by atoms with van der Waals surface area (Å²) in [5.74, 6) is 0.855. The monoisotopic (exact) mass is 278 g/mol. The molecule has 1 fully saturated rings. The van der Waals surface area contributed by atoms with Gasteiger partial charge in [-0.3, -0.25) is 0 Å². The van der Waals surface area contributed by atoms with Crippen molar-refractivity contribution in [2.75, 3.05) is 13.7 Å². The van der Waals surface area contributed by atoms with Crippen molar-refractivity contribution in [3.05, 3.63) is 29.3 Å². The maximum atomic E-state index is 11.0. The zero-order chi connectivity index (χ0) is 14.8. The summed E-state index contributed by atoms with van der Waals surface area (Å²) in [4.78, 5) is 0. The summed E-state index contributed by atoms with van der Waals surface area (Å²) in [6.45, 7) is 6.88. The molecular weight excluding hydrogens is 252 g/mol. The summed E-state index contributed by atoms with van der Waals surface area (Å²) in [6, 6.07) is 6.12. The van der Waals surface area contributed by atoms with Crippen LogP contribution in [-0.4, -0.2) is 30.0 Å². The van der Waals surface area contributed by atoms with Gasteiger partial charge >= 0.3 is 0 Å². The highest BCUT2D eigenvalue weighted by Gasteiger charge is 2.41. The fourth-order valence-corrected chi connectivity index (χ4v) is 3.10. The summed E-state index contributed by atoms with van der Waals surface area (Å²) >= 11 is 0. The first-order valence-electron chi connectivity index (χ1n) is 7.40. The van der Waals surface area contributed by atoms with Gasteiger partial charge in [0, 0.05) is 12.8 Å². The highest BCUT2D eigenvalue weighted by Crippen LogP contribution is 2.38. The van der Waals surface area contributed by atoms with Crippen molar-refractivity contribution in [2.24, 2.45) is 0 Å². The van der Waals surface area contributed by atoms with E-state index in [1.165, 1.54) is 5.56 Å². The largest absolute Gasteiger partial charge is 0.496 e. The van der Waals surface area contributed by atoms with Gasteiger partial charge in [0.15, 0.2) is 0 Å². The number of benzene rings is 1. The predicted octanol–water partition coefficient (Wildman–Crippen LogP) is 3.26. The topological polar surface area (TPSA) is 38.7 Å². The van der Waals surface area contributed by atoms with Gasteiger partial charge in [-0.2, -0.15) is 0 Å². The van der Waals surface area contributed by atoms with Crippen molar-refractivity contribution in [3.8, 4) is 5.75 Å². The maximum absolute atomic E-state index is 11.0. The summed E-state index contributed by atoms with van der Waals surface area (Å²) in [7, 11) is 1.68. The van der Waals surface area contributed by atoms with Gasteiger partial charge in [0.25, 0.3) is 0 Å². The van der Waals surface area contributed by atoms with E-state index >= 15 is 0 Å². The molecule has 1 aliphatic heterocycles. The van der Waals surface area contributed by atoms with E-state index in [9.17, 15) is 5.11 Å². The van der Waals surface area contributed by atoms with Crippen LogP contribution >= 0.6 is 0 Å². The average molecular weight is 278 g/mol. The van der Waals surface area contributed by atoms with Crippen molar-refractivity contribution in [1.82, 2.24) is 0 Å². The lowest BCUT2D eigenvalue weighted by Crippen LogP contribution is -2.48. The zero-order valence-corrected chi connectivity index (χ0v) is 13.0. The van der Waals surface area contributed by atoms with E-state index in [-0.39, 0.29) is 5.60 Å². The van der Waals surface area contributed by atoms with Crippen LogP contribution in [0.4, 0.5) is 0 Å². The van der Waals surface area contributed by atoms with Gasteiger partial charge < -0.3 is 14.6 Å². The summed E-state index contributed by atoms with van der Waals surface area (Å²) in [5.41, 5.74) is 1.35. The van der Waals surface area contributed by atoms with Crippen LogP contribution in [0.25, 0.3) is 0 Å². The van der Waals surface area contributed by atoms with E-state index in [2.05, 4.69) is 26.8 Å². The molecule has 0 bridgehead atoms. The number of methoxy groups -OCH3 is 1. The maximum Gasteiger partial charge on any atom is 0.122 e. The Balaban J connectivity index is 2.22. The second-order valence-electron chi connectivity index (χ2n) is 6.30. The van der Waals surface area contributed by atoms with Crippen LogP contribution in [0.3, 0.4) is 0 Å². The average Bonchev–Trinajstić information content (AvgIpc) is 2.38. The van der Waals surface area contributed by atoms with E-state index in [1.807, 2.05) is 12.1 Å².